The zero-order valence-electron chi connectivity index (χ0n) is 14.4. The first-order valence-electron chi connectivity index (χ1n) is 9.19. The second-order valence-electron chi connectivity index (χ2n) is 7.21. The third kappa shape index (κ3) is 2.33. The number of benzene rings is 2. The number of hydrogen-bond acceptors (Lipinski definition) is 3. The average molecular weight is 370 g/mol. The van der Waals surface area contributed by atoms with Crippen LogP contribution in [0.25, 0.3) is 0 Å². The van der Waals surface area contributed by atoms with Crippen molar-refractivity contribution in [2.75, 3.05) is 4.90 Å². The molecule has 3 atom stereocenters. The molecule has 2 fully saturated rings. The molecule has 1 spiro atoms. The molecule has 2 aromatic rings. The molecule has 2 aliphatic heterocycles. The van der Waals surface area contributed by atoms with Crippen molar-refractivity contribution in [3.05, 3.63) is 64.7 Å². The van der Waals surface area contributed by atoms with Crippen LogP contribution in [0.5, 0.6) is 0 Å². The molecule has 5 rings (SSSR count). The first-order chi connectivity index (χ1) is 12.7. The van der Waals surface area contributed by atoms with Crippen LogP contribution in [0.1, 0.15) is 36.8 Å². The van der Waals surface area contributed by atoms with Crippen molar-refractivity contribution in [3.63, 3.8) is 0 Å². The van der Waals surface area contributed by atoms with E-state index in [1.54, 1.807) is 4.90 Å². The van der Waals surface area contributed by atoms with Crippen LogP contribution < -0.4 is 4.90 Å². The number of para-hydroxylation sites is 1. The molecule has 5 heteroatoms. The fourth-order valence-corrected chi connectivity index (χ4v) is 4.55. The Morgan fingerprint density at radius 3 is 2.38 bits per heavy atom. The Labute approximate surface area is 157 Å². The van der Waals surface area contributed by atoms with Crippen molar-refractivity contribution in [3.8, 4) is 0 Å². The van der Waals surface area contributed by atoms with Crippen molar-refractivity contribution in [2.45, 2.75) is 50.2 Å². The van der Waals surface area contributed by atoms with Gasteiger partial charge in [-0.25, -0.2) is 0 Å². The van der Waals surface area contributed by atoms with E-state index >= 15 is 0 Å². The van der Waals surface area contributed by atoms with Crippen LogP contribution in [0.4, 0.5) is 5.69 Å². The minimum absolute atomic E-state index is 0.000944. The second kappa shape index (κ2) is 6.08. The molecule has 1 amide bonds. The first-order valence-corrected chi connectivity index (χ1v) is 9.57. The van der Waals surface area contributed by atoms with E-state index in [0.717, 1.165) is 42.5 Å². The van der Waals surface area contributed by atoms with Gasteiger partial charge in [-0.2, -0.15) is 0 Å². The number of rotatable bonds is 2. The number of anilines is 1. The highest BCUT2D eigenvalue weighted by atomic mass is 35.5. The molecule has 2 aromatic carbocycles. The van der Waals surface area contributed by atoms with Crippen LogP contribution in [0.3, 0.4) is 0 Å². The second-order valence-corrected chi connectivity index (χ2v) is 7.62. The van der Waals surface area contributed by atoms with Crippen molar-refractivity contribution in [2.24, 2.45) is 0 Å². The minimum atomic E-state index is -1.29. The van der Waals surface area contributed by atoms with E-state index in [1.165, 1.54) is 0 Å². The van der Waals surface area contributed by atoms with Gasteiger partial charge >= 0.3 is 0 Å². The quantitative estimate of drug-likeness (QED) is 0.787. The summed E-state index contributed by atoms with van der Waals surface area (Å²) in [5.74, 6) is -1.44. The topological polar surface area (TPSA) is 38.8 Å². The standard InChI is InChI=1S/C21H20ClNO3/c22-16-9-3-1-7-14(16)13-23-17-10-4-2-8-15(17)21(20(23)24)25-18-11-5-6-12-19(18)26-21/h1-4,7-10,18-19H,5-6,11-13H2/t18-,19+,21?. The molecule has 1 saturated heterocycles. The molecule has 0 bridgehead atoms. The number of amides is 1. The van der Waals surface area contributed by atoms with E-state index < -0.39 is 5.79 Å². The van der Waals surface area contributed by atoms with E-state index in [2.05, 4.69) is 0 Å². The van der Waals surface area contributed by atoms with E-state index in [1.807, 2.05) is 48.5 Å². The SMILES string of the molecule is O=C1N(Cc2ccccc2Cl)c2ccccc2C12O[C@H]1CCCC[C@H]1O2. The predicted molar refractivity (Wildman–Crippen MR) is 99.0 cm³/mol. The van der Waals surface area contributed by atoms with Gasteiger partial charge in [-0.1, -0.05) is 60.8 Å². The van der Waals surface area contributed by atoms with Gasteiger partial charge in [0.1, 0.15) is 0 Å². The monoisotopic (exact) mass is 369 g/mol. The molecule has 2 heterocycles. The molecular formula is C21H20ClNO3. The molecule has 1 saturated carbocycles. The zero-order valence-corrected chi connectivity index (χ0v) is 15.1. The number of fused-ring (bicyclic) bond motifs is 3. The van der Waals surface area contributed by atoms with Crippen molar-refractivity contribution >= 4 is 23.2 Å². The third-order valence-electron chi connectivity index (χ3n) is 5.64. The van der Waals surface area contributed by atoms with Crippen LogP contribution in [-0.2, 0) is 26.6 Å². The van der Waals surface area contributed by atoms with Crippen LogP contribution in [0, 0.1) is 0 Å². The zero-order chi connectivity index (χ0) is 17.7. The number of ether oxygens (including phenoxy) is 2. The molecule has 1 unspecified atom stereocenters. The lowest BCUT2D eigenvalue weighted by molar-refractivity contribution is -0.190. The van der Waals surface area contributed by atoms with Gasteiger partial charge in [0.05, 0.1) is 24.4 Å². The fraction of sp³-hybridized carbons (Fsp3) is 0.381. The maximum Gasteiger partial charge on any atom is 0.292 e. The van der Waals surface area contributed by atoms with Gasteiger partial charge in [-0.15, -0.1) is 0 Å². The summed E-state index contributed by atoms with van der Waals surface area (Å²) in [7, 11) is 0. The Hall–Kier alpha value is -1.88. The summed E-state index contributed by atoms with van der Waals surface area (Å²) >= 11 is 6.33. The lowest BCUT2D eigenvalue weighted by atomic mass is 9.95. The number of halogens is 1. The highest BCUT2D eigenvalue weighted by molar-refractivity contribution is 6.31. The van der Waals surface area contributed by atoms with Gasteiger partial charge in [0.15, 0.2) is 0 Å². The number of hydrogen-bond donors (Lipinski definition) is 0. The van der Waals surface area contributed by atoms with Crippen LogP contribution in [0.2, 0.25) is 5.02 Å². The van der Waals surface area contributed by atoms with Crippen molar-refractivity contribution in [1.82, 2.24) is 0 Å². The lowest BCUT2D eigenvalue weighted by Gasteiger charge is -2.23. The Kier molecular flexibility index (Phi) is 3.82. The number of carbonyl (C=O) groups is 1. The highest BCUT2D eigenvalue weighted by Crippen LogP contribution is 2.51. The fourth-order valence-electron chi connectivity index (χ4n) is 4.36. The minimum Gasteiger partial charge on any atom is -0.332 e. The molecular weight excluding hydrogens is 350 g/mol. The van der Waals surface area contributed by atoms with Crippen molar-refractivity contribution < 1.29 is 14.3 Å². The van der Waals surface area contributed by atoms with Gasteiger partial charge in [0, 0.05) is 10.6 Å². The van der Waals surface area contributed by atoms with E-state index in [4.69, 9.17) is 21.1 Å². The van der Waals surface area contributed by atoms with Gasteiger partial charge in [0.25, 0.3) is 11.7 Å². The van der Waals surface area contributed by atoms with Gasteiger partial charge in [-0.3, -0.25) is 4.79 Å². The number of nitrogens with zero attached hydrogens (tertiary/aromatic N) is 1. The largest absolute Gasteiger partial charge is 0.332 e. The summed E-state index contributed by atoms with van der Waals surface area (Å²) < 4.78 is 12.6. The Balaban J connectivity index is 1.55. The van der Waals surface area contributed by atoms with Crippen LogP contribution in [0.15, 0.2) is 48.5 Å². The summed E-state index contributed by atoms with van der Waals surface area (Å²) in [5, 5.41) is 0.653. The van der Waals surface area contributed by atoms with Crippen LogP contribution >= 0.6 is 11.6 Å². The van der Waals surface area contributed by atoms with Gasteiger partial charge in [0.2, 0.25) is 0 Å². The molecule has 0 radical (unpaired) electrons. The molecule has 3 aliphatic rings. The summed E-state index contributed by atoms with van der Waals surface area (Å²) in [5.41, 5.74) is 2.56. The molecule has 0 N–H and O–H groups in total. The molecule has 0 aromatic heterocycles. The van der Waals surface area contributed by atoms with Gasteiger partial charge < -0.3 is 14.4 Å². The molecule has 4 nitrogen and oxygen atoms in total. The normalized spacial score (nSPS) is 29.9. The number of carbonyl (C=O) groups excluding carboxylic acids is 1. The molecule has 134 valence electrons. The summed E-state index contributed by atoms with van der Waals surface area (Å²) in [4.78, 5) is 15.2. The summed E-state index contributed by atoms with van der Waals surface area (Å²) in [6.45, 7) is 0.402. The van der Waals surface area contributed by atoms with Gasteiger partial charge in [-0.05, 0) is 30.5 Å². The summed E-state index contributed by atoms with van der Waals surface area (Å²) in [6, 6.07) is 15.4. The van der Waals surface area contributed by atoms with Crippen molar-refractivity contribution in [1.29, 1.82) is 0 Å². The Bertz CT molecular complexity index is 854. The van der Waals surface area contributed by atoms with E-state index in [-0.39, 0.29) is 18.1 Å². The van der Waals surface area contributed by atoms with E-state index in [0.29, 0.717) is 11.6 Å². The highest BCUT2D eigenvalue weighted by Gasteiger charge is 2.61. The predicted octanol–water partition coefficient (Wildman–Crippen LogP) is 4.40. The molecule has 26 heavy (non-hydrogen) atoms. The smallest absolute Gasteiger partial charge is 0.292 e. The van der Waals surface area contributed by atoms with E-state index in [9.17, 15) is 4.79 Å². The first kappa shape index (κ1) is 16.3. The Morgan fingerprint density at radius 2 is 1.65 bits per heavy atom. The maximum absolute atomic E-state index is 13.5. The maximum atomic E-state index is 13.5. The molecule has 1 aliphatic carbocycles. The van der Waals surface area contributed by atoms with Crippen LogP contribution in [-0.4, -0.2) is 18.1 Å². The third-order valence-corrected chi connectivity index (χ3v) is 6.01. The average Bonchev–Trinajstić information content (AvgIpc) is 3.16. The Morgan fingerprint density at radius 1 is 1.00 bits per heavy atom. The summed E-state index contributed by atoms with van der Waals surface area (Å²) in [6.07, 6.45) is 4.15. The lowest BCUT2D eigenvalue weighted by Crippen LogP contribution is -2.41.